The van der Waals surface area contributed by atoms with E-state index in [2.05, 4.69) is 15.4 Å². The lowest BCUT2D eigenvalue weighted by atomic mass is 9.82. The maximum atomic E-state index is 14.4. The van der Waals surface area contributed by atoms with Crippen LogP contribution in [0.3, 0.4) is 0 Å². The lowest BCUT2D eigenvalue weighted by molar-refractivity contribution is -0.163. The topological polar surface area (TPSA) is 148 Å². The number of aromatic amines is 1. The van der Waals surface area contributed by atoms with Gasteiger partial charge in [-0.1, -0.05) is 30.3 Å². The number of ether oxygens (including phenoxy) is 2. The van der Waals surface area contributed by atoms with Crippen LogP contribution in [0.2, 0.25) is 0 Å². The zero-order valence-corrected chi connectivity index (χ0v) is 29.8. The predicted molar refractivity (Wildman–Crippen MR) is 181 cm³/mol. The molecule has 12 heteroatoms. The molecule has 2 amide bonds. The lowest BCUT2D eigenvalue weighted by Gasteiger charge is -2.40. The van der Waals surface area contributed by atoms with Crippen LogP contribution in [0, 0.1) is 17.8 Å². The minimum absolute atomic E-state index is 0.0689. The molecule has 3 aliphatic rings. The Morgan fingerprint density at radius 1 is 1.08 bits per heavy atom. The second-order valence-electron chi connectivity index (χ2n) is 15.3. The fourth-order valence-corrected chi connectivity index (χ4v) is 8.13. The van der Waals surface area contributed by atoms with E-state index < -0.39 is 44.3 Å². The Kier molecular flexibility index (Phi) is 11.2. The molecule has 0 radical (unpaired) electrons. The summed E-state index contributed by atoms with van der Waals surface area (Å²) in [5.41, 5.74) is 4.51. The van der Waals surface area contributed by atoms with Crippen LogP contribution in [0.1, 0.15) is 97.2 Å². The number of nitrogens with zero attached hydrogens (tertiary/aromatic N) is 2. The lowest BCUT2D eigenvalue weighted by Crippen LogP contribution is -2.60. The van der Waals surface area contributed by atoms with Gasteiger partial charge in [-0.3, -0.25) is 19.8 Å². The largest absolute Gasteiger partial charge is 0.351 e. The highest BCUT2D eigenvalue weighted by Crippen LogP contribution is 2.46. The Balaban J connectivity index is 1.50. The summed E-state index contributed by atoms with van der Waals surface area (Å²) < 4.78 is 39.0. The van der Waals surface area contributed by atoms with Gasteiger partial charge in [0.1, 0.15) is 11.9 Å². The number of Topliss-reactive ketones (excluding diaryl/α,β-unsaturated/α-hetero) is 1. The van der Waals surface area contributed by atoms with Gasteiger partial charge in [-0.2, -0.15) is 0 Å². The van der Waals surface area contributed by atoms with Crippen molar-refractivity contribution in [3.8, 4) is 0 Å². The second-order valence-corrected chi connectivity index (χ2v) is 18.1. The number of carbonyl (C=O) groups excluding carboxylic acids is 3. The number of aryl methyl sites for hydroxylation is 1. The first kappa shape index (κ1) is 36.2. The molecule has 2 N–H and O–H groups in total. The van der Waals surface area contributed by atoms with E-state index in [9.17, 15) is 22.8 Å². The summed E-state index contributed by atoms with van der Waals surface area (Å²) in [6, 6.07) is 8.73. The number of amides is 2. The third-order valence-corrected chi connectivity index (χ3v) is 12.6. The van der Waals surface area contributed by atoms with Crippen LogP contribution in [0.5, 0.6) is 0 Å². The van der Waals surface area contributed by atoms with E-state index in [4.69, 9.17) is 9.47 Å². The summed E-state index contributed by atoms with van der Waals surface area (Å²) in [5.74, 6) is -2.40. The quantitative estimate of drug-likeness (QED) is 0.288. The SMILES string of the molecule is CC1(C)O[C@H]([C@H](CC2CCC(=O)CC2)N(NC(=O)C(Cc2ccccc2)CS(=O)(=O)C(C)(C)C)C(=O)CCc2c[nH]cn2)[C@H](C2CC2)O1. The van der Waals surface area contributed by atoms with Crippen LogP contribution >= 0.6 is 0 Å². The molecule has 1 aliphatic heterocycles. The predicted octanol–water partition coefficient (Wildman–Crippen LogP) is 4.72. The third kappa shape index (κ3) is 9.32. The van der Waals surface area contributed by atoms with Crippen molar-refractivity contribution in [1.29, 1.82) is 0 Å². The van der Waals surface area contributed by atoms with Gasteiger partial charge in [-0.15, -0.1) is 0 Å². The number of hydrazine groups is 1. The number of hydrogen-bond donors (Lipinski definition) is 2. The first-order valence-electron chi connectivity index (χ1n) is 17.4. The highest BCUT2D eigenvalue weighted by atomic mass is 32.2. The molecule has 11 nitrogen and oxygen atoms in total. The van der Waals surface area contributed by atoms with Crippen molar-refractivity contribution in [3.63, 3.8) is 0 Å². The first-order chi connectivity index (χ1) is 22.6. The Morgan fingerprint density at radius 2 is 1.77 bits per heavy atom. The molecule has 48 heavy (non-hydrogen) atoms. The molecule has 1 aromatic carbocycles. The van der Waals surface area contributed by atoms with Crippen LogP contribution in [0.25, 0.3) is 0 Å². The van der Waals surface area contributed by atoms with Crippen molar-refractivity contribution < 1.29 is 32.3 Å². The number of carbonyl (C=O) groups is 3. The average Bonchev–Trinajstić information content (AvgIpc) is 3.63. The van der Waals surface area contributed by atoms with Crippen molar-refractivity contribution in [2.75, 3.05) is 5.75 Å². The summed E-state index contributed by atoms with van der Waals surface area (Å²) in [4.78, 5) is 48.1. The maximum Gasteiger partial charge on any atom is 0.243 e. The molecule has 2 aromatic rings. The molecule has 0 bridgehead atoms. The molecule has 2 aliphatic carbocycles. The summed E-state index contributed by atoms with van der Waals surface area (Å²) in [5, 5.41) is 1.43. The number of aromatic nitrogens is 2. The van der Waals surface area contributed by atoms with E-state index in [-0.39, 0.29) is 48.2 Å². The molecule has 264 valence electrons. The fraction of sp³-hybridized carbons (Fsp3) is 0.667. The molecular weight excluding hydrogens is 632 g/mol. The number of rotatable bonds is 13. The molecule has 2 heterocycles. The van der Waals surface area contributed by atoms with Crippen LogP contribution in [0.15, 0.2) is 42.9 Å². The van der Waals surface area contributed by atoms with Crippen molar-refractivity contribution >= 4 is 27.4 Å². The van der Waals surface area contributed by atoms with Crippen LogP contribution in [-0.2, 0) is 46.5 Å². The van der Waals surface area contributed by atoms with Crippen LogP contribution in [-0.4, -0.2) is 75.5 Å². The molecule has 1 aromatic heterocycles. The second kappa shape index (κ2) is 14.8. The molecule has 5 rings (SSSR count). The average molecular weight is 685 g/mol. The number of ketones is 1. The Labute approximate surface area is 284 Å². The summed E-state index contributed by atoms with van der Waals surface area (Å²) in [6.07, 6.45) is 7.98. The molecular formula is C36H52N4O7S. The third-order valence-electron chi connectivity index (χ3n) is 9.90. The number of imidazole rings is 1. The van der Waals surface area contributed by atoms with Crippen molar-refractivity contribution in [3.05, 3.63) is 54.1 Å². The smallest absolute Gasteiger partial charge is 0.243 e. The van der Waals surface area contributed by atoms with E-state index in [0.29, 0.717) is 44.2 Å². The minimum atomic E-state index is -3.70. The van der Waals surface area contributed by atoms with Gasteiger partial charge >= 0.3 is 0 Å². The molecule has 2 saturated carbocycles. The van der Waals surface area contributed by atoms with Crippen LogP contribution in [0.4, 0.5) is 0 Å². The van der Waals surface area contributed by atoms with Gasteiger partial charge < -0.3 is 14.5 Å². The van der Waals surface area contributed by atoms with Crippen molar-refractivity contribution in [1.82, 2.24) is 20.4 Å². The highest BCUT2D eigenvalue weighted by Gasteiger charge is 2.53. The summed E-state index contributed by atoms with van der Waals surface area (Å²) in [6.45, 7) is 8.63. The minimum Gasteiger partial charge on any atom is -0.351 e. The number of sulfone groups is 1. The van der Waals surface area contributed by atoms with E-state index in [1.165, 1.54) is 5.01 Å². The van der Waals surface area contributed by atoms with Gasteiger partial charge in [0.05, 0.1) is 40.6 Å². The standard InChI is InChI=1S/C36H52N4O7S/c1-35(2,3)48(44,45)22-27(19-24-9-7-6-8-10-24)34(43)39-40(31(42)18-15-28-21-37-23-38-28)30(20-25-11-16-29(41)17-12-25)33-32(26-13-14-26)46-36(4,5)47-33/h6-10,21,23,25-27,30,32-33H,11-20,22H2,1-5H3,(H,37,38)(H,39,43)/t27?,30-,32-,33+/m0/s1. The Hall–Kier alpha value is -3.09. The molecule has 1 unspecified atom stereocenters. The number of H-pyrrole nitrogens is 1. The van der Waals surface area contributed by atoms with Gasteiger partial charge in [-0.05, 0) is 97.0 Å². The molecule has 4 atom stereocenters. The zero-order chi connectivity index (χ0) is 34.7. The van der Waals surface area contributed by atoms with Crippen molar-refractivity contribution in [2.45, 2.75) is 128 Å². The van der Waals surface area contributed by atoms with Gasteiger partial charge in [-0.25, -0.2) is 18.4 Å². The first-order valence-corrected chi connectivity index (χ1v) is 19.0. The maximum absolute atomic E-state index is 14.4. The Morgan fingerprint density at radius 3 is 2.38 bits per heavy atom. The van der Waals surface area contributed by atoms with E-state index >= 15 is 0 Å². The summed E-state index contributed by atoms with van der Waals surface area (Å²) in [7, 11) is -3.70. The van der Waals surface area contributed by atoms with E-state index in [1.54, 1.807) is 33.3 Å². The van der Waals surface area contributed by atoms with Crippen molar-refractivity contribution in [2.24, 2.45) is 17.8 Å². The molecule has 1 saturated heterocycles. The zero-order valence-electron chi connectivity index (χ0n) is 28.9. The number of nitrogens with one attached hydrogen (secondary N) is 2. The monoisotopic (exact) mass is 684 g/mol. The van der Waals surface area contributed by atoms with E-state index in [1.807, 2.05) is 44.2 Å². The Bertz CT molecular complexity index is 1510. The molecule has 0 spiro atoms. The number of benzene rings is 1. The molecule has 3 fully saturated rings. The fourth-order valence-electron chi connectivity index (χ4n) is 6.83. The highest BCUT2D eigenvalue weighted by molar-refractivity contribution is 7.92. The normalized spacial score (nSPS) is 23.1. The number of hydrogen-bond acceptors (Lipinski definition) is 8. The van der Waals surface area contributed by atoms with Gasteiger partial charge in [0, 0.05) is 25.5 Å². The van der Waals surface area contributed by atoms with E-state index in [0.717, 1.165) is 18.4 Å². The van der Waals surface area contributed by atoms with Gasteiger partial charge in [0.15, 0.2) is 15.6 Å². The van der Waals surface area contributed by atoms with Gasteiger partial charge in [0.2, 0.25) is 11.8 Å². The van der Waals surface area contributed by atoms with Gasteiger partial charge in [0.25, 0.3) is 0 Å². The van der Waals surface area contributed by atoms with Crippen LogP contribution < -0.4 is 5.43 Å². The summed E-state index contributed by atoms with van der Waals surface area (Å²) >= 11 is 0.